The first-order valence-corrected chi connectivity index (χ1v) is 7.21. The number of morpholine rings is 1. The molecule has 0 saturated carbocycles. The van der Waals surface area contributed by atoms with Crippen LogP contribution in [0.15, 0.2) is 18.2 Å². The van der Waals surface area contributed by atoms with E-state index in [0.717, 1.165) is 11.3 Å². The normalized spacial score (nSPS) is 17.9. The van der Waals surface area contributed by atoms with Crippen LogP contribution < -0.4 is 15.8 Å². The average molecular weight is 307 g/mol. The fourth-order valence-corrected chi connectivity index (χ4v) is 2.25. The highest BCUT2D eigenvalue weighted by Gasteiger charge is 2.27. The standard InChI is InChI=1S/C15H21N3O4/c1-3-21-12-5-4-11(8-10(12)2)17-15(20)18-6-7-22-13(9-18)14(16)19/h4-5,8,13H,3,6-7,9H2,1-2H3,(H2,16,19)(H,17,20)/t13-/m0/s1. The van der Waals surface area contributed by atoms with E-state index >= 15 is 0 Å². The van der Waals surface area contributed by atoms with E-state index < -0.39 is 12.0 Å². The number of nitrogens with two attached hydrogens (primary N) is 1. The summed E-state index contributed by atoms with van der Waals surface area (Å²) in [5.41, 5.74) is 6.83. The van der Waals surface area contributed by atoms with Crippen molar-refractivity contribution in [1.29, 1.82) is 0 Å². The molecule has 1 heterocycles. The Morgan fingerprint density at radius 3 is 2.91 bits per heavy atom. The van der Waals surface area contributed by atoms with Gasteiger partial charge in [0.25, 0.3) is 0 Å². The van der Waals surface area contributed by atoms with Crippen LogP contribution in [0.1, 0.15) is 12.5 Å². The summed E-state index contributed by atoms with van der Waals surface area (Å²) in [4.78, 5) is 24.9. The zero-order valence-corrected chi connectivity index (χ0v) is 12.8. The van der Waals surface area contributed by atoms with Crippen molar-refractivity contribution in [2.45, 2.75) is 20.0 Å². The molecule has 1 aliphatic heterocycles. The summed E-state index contributed by atoms with van der Waals surface area (Å²) in [7, 11) is 0. The molecular formula is C15H21N3O4. The monoisotopic (exact) mass is 307 g/mol. The summed E-state index contributed by atoms with van der Waals surface area (Å²) >= 11 is 0. The lowest BCUT2D eigenvalue weighted by Crippen LogP contribution is -2.51. The Morgan fingerprint density at radius 2 is 2.27 bits per heavy atom. The number of ether oxygens (including phenoxy) is 2. The molecule has 1 aliphatic rings. The number of amides is 3. The van der Waals surface area contributed by atoms with E-state index in [1.807, 2.05) is 26.0 Å². The topological polar surface area (TPSA) is 93.9 Å². The highest BCUT2D eigenvalue weighted by atomic mass is 16.5. The van der Waals surface area contributed by atoms with Crippen LogP contribution >= 0.6 is 0 Å². The van der Waals surface area contributed by atoms with Gasteiger partial charge in [0.05, 0.1) is 19.8 Å². The summed E-state index contributed by atoms with van der Waals surface area (Å²) in [6, 6.07) is 5.16. The van der Waals surface area contributed by atoms with E-state index in [0.29, 0.717) is 25.4 Å². The third kappa shape index (κ3) is 3.88. The summed E-state index contributed by atoms with van der Waals surface area (Å²) in [6.07, 6.45) is -0.749. The van der Waals surface area contributed by atoms with Crippen LogP contribution in [-0.4, -0.2) is 49.2 Å². The van der Waals surface area contributed by atoms with Gasteiger partial charge in [-0.2, -0.15) is 0 Å². The summed E-state index contributed by atoms with van der Waals surface area (Å²) in [5.74, 6) is 0.232. The van der Waals surface area contributed by atoms with Crippen molar-refractivity contribution < 1.29 is 19.1 Å². The smallest absolute Gasteiger partial charge is 0.322 e. The third-order valence-electron chi connectivity index (χ3n) is 3.40. The number of benzene rings is 1. The Bertz CT molecular complexity index is 562. The number of nitrogens with one attached hydrogen (secondary N) is 1. The number of anilines is 1. The van der Waals surface area contributed by atoms with Crippen molar-refractivity contribution in [2.24, 2.45) is 5.73 Å². The number of carbonyl (C=O) groups is 2. The van der Waals surface area contributed by atoms with Crippen LogP contribution in [0.4, 0.5) is 10.5 Å². The maximum absolute atomic E-state index is 12.2. The number of rotatable bonds is 4. The SMILES string of the molecule is CCOc1ccc(NC(=O)N2CCO[C@H](C(N)=O)C2)cc1C. The molecule has 0 bridgehead atoms. The molecule has 1 saturated heterocycles. The second-order valence-corrected chi connectivity index (χ2v) is 5.05. The van der Waals surface area contributed by atoms with Crippen molar-refractivity contribution in [1.82, 2.24) is 4.90 Å². The molecule has 2 rings (SSSR count). The molecule has 1 aromatic rings. The van der Waals surface area contributed by atoms with Gasteiger partial charge >= 0.3 is 6.03 Å². The summed E-state index contributed by atoms with van der Waals surface area (Å²) in [6.45, 7) is 5.31. The van der Waals surface area contributed by atoms with E-state index in [9.17, 15) is 9.59 Å². The zero-order chi connectivity index (χ0) is 16.1. The summed E-state index contributed by atoms with van der Waals surface area (Å²) < 4.78 is 10.7. The first-order chi connectivity index (χ1) is 10.5. The minimum absolute atomic E-state index is 0.164. The van der Waals surface area contributed by atoms with Crippen molar-refractivity contribution in [2.75, 3.05) is 31.6 Å². The van der Waals surface area contributed by atoms with Crippen molar-refractivity contribution in [3.05, 3.63) is 23.8 Å². The lowest BCUT2D eigenvalue weighted by atomic mass is 10.2. The molecule has 3 amide bonds. The first kappa shape index (κ1) is 16.1. The molecule has 3 N–H and O–H groups in total. The van der Waals surface area contributed by atoms with Gasteiger partial charge in [-0.05, 0) is 37.6 Å². The number of primary amides is 1. The molecule has 0 aromatic heterocycles. The van der Waals surface area contributed by atoms with E-state index in [1.165, 1.54) is 4.90 Å². The molecule has 0 radical (unpaired) electrons. The number of urea groups is 1. The van der Waals surface area contributed by atoms with Crippen LogP contribution in [0.3, 0.4) is 0 Å². The van der Waals surface area contributed by atoms with Crippen molar-refractivity contribution in [3.8, 4) is 5.75 Å². The molecule has 22 heavy (non-hydrogen) atoms. The quantitative estimate of drug-likeness (QED) is 0.871. The maximum atomic E-state index is 12.2. The molecule has 0 aliphatic carbocycles. The highest BCUT2D eigenvalue weighted by Crippen LogP contribution is 2.22. The number of carbonyl (C=O) groups excluding carboxylic acids is 2. The number of hydrogen-bond acceptors (Lipinski definition) is 4. The van der Waals surface area contributed by atoms with E-state index in [4.69, 9.17) is 15.2 Å². The minimum atomic E-state index is -0.749. The predicted molar refractivity (Wildman–Crippen MR) is 81.9 cm³/mol. The van der Waals surface area contributed by atoms with Gasteiger partial charge < -0.3 is 25.4 Å². The second kappa shape index (κ2) is 7.13. The molecule has 1 fully saturated rings. The van der Waals surface area contributed by atoms with Crippen LogP contribution in [-0.2, 0) is 9.53 Å². The van der Waals surface area contributed by atoms with Gasteiger partial charge in [0, 0.05) is 12.2 Å². The fraction of sp³-hybridized carbons (Fsp3) is 0.467. The fourth-order valence-electron chi connectivity index (χ4n) is 2.25. The largest absolute Gasteiger partial charge is 0.494 e. The zero-order valence-electron chi connectivity index (χ0n) is 12.8. The van der Waals surface area contributed by atoms with Crippen LogP contribution in [0.2, 0.25) is 0 Å². The van der Waals surface area contributed by atoms with Gasteiger partial charge in [0.15, 0.2) is 6.10 Å². The van der Waals surface area contributed by atoms with Gasteiger partial charge in [0.2, 0.25) is 5.91 Å². The molecule has 1 atom stereocenters. The Morgan fingerprint density at radius 1 is 1.50 bits per heavy atom. The second-order valence-electron chi connectivity index (χ2n) is 5.05. The minimum Gasteiger partial charge on any atom is -0.494 e. The molecule has 1 aromatic carbocycles. The van der Waals surface area contributed by atoms with Crippen molar-refractivity contribution in [3.63, 3.8) is 0 Å². The van der Waals surface area contributed by atoms with Gasteiger partial charge in [-0.3, -0.25) is 4.79 Å². The Hall–Kier alpha value is -2.28. The van der Waals surface area contributed by atoms with E-state index in [1.54, 1.807) is 6.07 Å². The molecule has 7 nitrogen and oxygen atoms in total. The van der Waals surface area contributed by atoms with Crippen LogP contribution in [0.5, 0.6) is 5.75 Å². The number of aryl methyl sites for hydroxylation is 1. The van der Waals surface area contributed by atoms with E-state index in [2.05, 4.69) is 5.32 Å². The maximum Gasteiger partial charge on any atom is 0.322 e. The lowest BCUT2D eigenvalue weighted by Gasteiger charge is -2.31. The Labute approximate surface area is 129 Å². The van der Waals surface area contributed by atoms with Gasteiger partial charge in [-0.25, -0.2) is 4.79 Å². The molecule has 120 valence electrons. The molecule has 7 heteroatoms. The predicted octanol–water partition coefficient (Wildman–Crippen LogP) is 1.11. The molecular weight excluding hydrogens is 286 g/mol. The van der Waals surface area contributed by atoms with Crippen LogP contribution in [0, 0.1) is 6.92 Å². The Kier molecular flexibility index (Phi) is 5.21. The van der Waals surface area contributed by atoms with E-state index in [-0.39, 0.29) is 12.6 Å². The summed E-state index contributed by atoms with van der Waals surface area (Å²) in [5, 5.41) is 2.81. The Balaban J connectivity index is 1.99. The average Bonchev–Trinajstić information content (AvgIpc) is 2.50. The van der Waals surface area contributed by atoms with Crippen molar-refractivity contribution >= 4 is 17.6 Å². The van der Waals surface area contributed by atoms with Crippen LogP contribution in [0.25, 0.3) is 0 Å². The lowest BCUT2D eigenvalue weighted by molar-refractivity contribution is -0.133. The molecule has 0 unspecified atom stereocenters. The molecule has 0 spiro atoms. The van der Waals surface area contributed by atoms with Gasteiger partial charge in [-0.15, -0.1) is 0 Å². The number of hydrogen-bond donors (Lipinski definition) is 2. The van der Waals surface area contributed by atoms with Gasteiger partial charge in [-0.1, -0.05) is 0 Å². The first-order valence-electron chi connectivity index (χ1n) is 7.21. The third-order valence-corrected chi connectivity index (χ3v) is 3.40. The van der Waals surface area contributed by atoms with Gasteiger partial charge in [0.1, 0.15) is 5.75 Å². The highest BCUT2D eigenvalue weighted by molar-refractivity contribution is 5.90. The number of nitrogens with zero attached hydrogens (tertiary/aromatic N) is 1.